The van der Waals surface area contributed by atoms with E-state index in [1.54, 1.807) is 30.5 Å². The van der Waals surface area contributed by atoms with Crippen molar-refractivity contribution < 1.29 is 14.3 Å². The highest BCUT2D eigenvalue weighted by atomic mass is 127. The molecule has 1 heterocycles. The molecule has 0 bridgehead atoms. The third-order valence-corrected chi connectivity index (χ3v) is 2.86. The van der Waals surface area contributed by atoms with Gasteiger partial charge in [0.2, 0.25) is 5.88 Å². The van der Waals surface area contributed by atoms with Gasteiger partial charge in [-0.3, -0.25) is 0 Å². The zero-order valence-electron chi connectivity index (χ0n) is 9.46. The highest BCUT2D eigenvalue weighted by molar-refractivity contribution is 14.1. The molecule has 2 aromatic rings. The average molecular weight is 356 g/mol. The molecule has 0 unspecified atom stereocenters. The molecule has 1 aromatic carbocycles. The predicted molar refractivity (Wildman–Crippen MR) is 72.6 cm³/mol. The number of halogens is 1. The van der Waals surface area contributed by atoms with E-state index in [9.17, 15) is 4.79 Å². The molecular weight excluding hydrogens is 347 g/mol. The minimum Gasteiger partial charge on any atom is -0.465 e. The summed E-state index contributed by atoms with van der Waals surface area (Å²) in [6.07, 6.45) is 3.08. The highest BCUT2D eigenvalue weighted by Crippen LogP contribution is 2.23. The van der Waals surface area contributed by atoms with Crippen LogP contribution in [0.25, 0.3) is 0 Å². The van der Waals surface area contributed by atoms with E-state index in [0.29, 0.717) is 17.2 Å². The summed E-state index contributed by atoms with van der Waals surface area (Å²) in [4.78, 5) is 19.1. The Kier molecular flexibility index (Phi) is 4.08. The molecule has 0 fully saturated rings. The summed E-state index contributed by atoms with van der Waals surface area (Å²) in [7, 11) is 1.34. The molecule has 0 aliphatic rings. The van der Waals surface area contributed by atoms with Gasteiger partial charge in [0, 0.05) is 6.20 Å². The normalized spacial score (nSPS) is 9.89. The quantitative estimate of drug-likeness (QED) is 0.625. The van der Waals surface area contributed by atoms with Crippen molar-refractivity contribution in [2.75, 3.05) is 7.11 Å². The Morgan fingerprint density at radius 2 is 2.00 bits per heavy atom. The van der Waals surface area contributed by atoms with Gasteiger partial charge in [-0.25, -0.2) is 14.8 Å². The Morgan fingerprint density at radius 1 is 1.28 bits per heavy atom. The third-order valence-electron chi connectivity index (χ3n) is 2.12. The van der Waals surface area contributed by atoms with Gasteiger partial charge in [-0.2, -0.15) is 0 Å². The van der Waals surface area contributed by atoms with Gasteiger partial charge >= 0.3 is 5.97 Å². The van der Waals surface area contributed by atoms with Crippen LogP contribution in [0.2, 0.25) is 0 Å². The van der Waals surface area contributed by atoms with Crippen molar-refractivity contribution in [3.63, 3.8) is 0 Å². The Bertz CT molecular complexity index is 558. The Hall–Kier alpha value is -1.70. The molecule has 2 rings (SSSR count). The van der Waals surface area contributed by atoms with E-state index in [1.807, 2.05) is 0 Å². The molecule has 0 spiro atoms. The number of aromatic nitrogens is 2. The summed E-state index contributed by atoms with van der Waals surface area (Å²) in [5, 5.41) is 0. The first-order valence-electron chi connectivity index (χ1n) is 5.02. The van der Waals surface area contributed by atoms with Crippen molar-refractivity contribution in [1.29, 1.82) is 0 Å². The van der Waals surface area contributed by atoms with Crippen LogP contribution in [0.3, 0.4) is 0 Å². The topological polar surface area (TPSA) is 61.3 Å². The van der Waals surface area contributed by atoms with Gasteiger partial charge in [0.1, 0.15) is 12.1 Å². The lowest BCUT2D eigenvalue weighted by molar-refractivity contribution is 0.0600. The van der Waals surface area contributed by atoms with E-state index in [-0.39, 0.29) is 5.97 Å². The number of rotatable bonds is 3. The molecule has 0 radical (unpaired) electrons. The van der Waals surface area contributed by atoms with Crippen molar-refractivity contribution in [3.05, 3.63) is 45.9 Å². The number of benzene rings is 1. The first kappa shape index (κ1) is 12.7. The van der Waals surface area contributed by atoms with Crippen LogP contribution in [0.15, 0.2) is 36.8 Å². The third kappa shape index (κ3) is 2.95. The molecule has 0 aliphatic carbocycles. The average Bonchev–Trinajstić information content (AvgIpc) is 2.41. The lowest BCUT2D eigenvalue weighted by Crippen LogP contribution is -2.00. The van der Waals surface area contributed by atoms with Crippen LogP contribution >= 0.6 is 22.6 Å². The molecule has 0 saturated heterocycles. The molecule has 0 saturated carbocycles. The minimum absolute atomic E-state index is 0.377. The number of hydrogen-bond donors (Lipinski definition) is 0. The number of carbonyl (C=O) groups excluding carboxylic acids is 1. The second kappa shape index (κ2) is 5.76. The van der Waals surface area contributed by atoms with Crippen molar-refractivity contribution >= 4 is 28.6 Å². The largest absolute Gasteiger partial charge is 0.465 e. The van der Waals surface area contributed by atoms with E-state index < -0.39 is 0 Å². The maximum absolute atomic E-state index is 11.3. The van der Waals surface area contributed by atoms with E-state index >= 15 is 0 Å². The van der Waals surface area contributed by atoms with Crippen LogP contribution < -0.4 is 4.74 Å². The molecule has 18 heavy (non-hydrogen) atoms. The van der Waals surface area contributed by atoms with Gasteiger partial charge in [0.15, 0.2) is 0 Å². The number of methoxy groups -OCH3 is 1. The SMILES string of the molecule is COC(=O)c1ccc(Oc2ncncc2I)cc1. The first-order valence-corrected chi connectivity index (χ1v) is 6.10. The second-order valence-corrected chi connectivity index (χ2v) is 4.46. The van der Waals surface area contributed by atoms with E-state index in [0.717, 1.165) is 3.57 Å². The molecule has 1 aromatic heterocycles. The number of hydrogen-bond acceptors (Lipinski definition) is 5. The zero-order valence-corrected chi connectivity index (χ0v) is 11.6. The van der Waals surface area contributed by atoms with Crippen LogP contribution in [-0.4, -0.2) is 23.0 Å². The molecule has 5 nitrogen and oxygen atoms in total. The smallest absolute Gasteiger partial charge is 0.337 e. The van der Waals surface area contributed by atoms with Gasteiger partial charge in [-0.05, 0) is 46.9 Å². The summed E-state index contributed by atoms with van der Waals surface area (Å²) >= 11 is 2.09. The molecule has 0 amide bonds. The Morgan fingerprint density at radius 3 is 2.61 bits per heavy atom. The molecule has 0 atom stereocenters. The zero-order chi connectivity index (χ0) is 13.0. The summed E-state index contributed by atoms with van der Waals surface area (Å²) in [5.41, 5.74) is 0.474. The van der Waals surface area contributed by atoms with Gasteiger partial charge in [-0.1, -0.05) is 0 Å². The predicted octanol–water partition coefficient (Wildman–Crippen LogP) is 2.66. The van der Waals surface area contributed by atoms with Gasteiger partial charge in [-0.15, -0.1) is 0 Å². The van der Waals surface area contributed by atoms with Crippen LogP contribution in [0.5, 0.6) is 11.6 Å². The van der Waals surface area contributed by atoms with E-state index in [1.165, 1.54) is 13.4 Å². The van der Waals surface area contributed by atoms with Crippen LogP contribution in [-0.2, 0) is 4.74 Å². The second-order valence-electron chi connectivity index (χ2n) is 3.29. The Labute approximate surface area is 117 Å². The van der Waals surface area contributed by atoms with Crippen molar-refractivity contribution in [2.45, 2.75) is 0 Å². The van der Waals surface area contributed by atoms with Gasteiger partial charge in [0.05, 0.1) is 16.2 Å². The maximum atomic E-state index is 11.3. The van der Waals surface area contributed by atoms with E-state index in [4.69, 9.17) is 4.74 Å². The van der Waals surface area contributed by atoms with Crippen LogP contribution in [0.4, 0.5) is 0 Å². The fourth-order valence-corrected chi connectivity index (χ4v) is 1.68. The summed E-state index contributed by atoms with van der Waals surface area (Å²) in [6.45, 7) is 0. The first-order chi connectivity index (χ1) is 8.70. The maximum Gasteiger partial charge on any atom is 0.337 e. The van der Waals surface area contributed by atoms with Crippen LogP contribution in [0, 0.1) is 3.57 Å². The summed E-state index contributed by atoms with van der Waals surface area (Å²) in [6, 6.07) is 6.64. The molecule has 6 heteroatoms. The summed E-state index contributed by atoms with van der Waals surface area (Å²) in [5.74, 6) is 0.703. The molecule has 92 valence electrons. The number of esters is 1. The number of carbonyl (C=O) groups is 1. The molecular formula is C12H9IN2O3. The Balaban J connectivity index is 2.16. The lowest BCUT2D eigenvalue weighted by Gasteiger charge is -2.06. The molecule has 0 N–H and O–H groups in total. The number of nitrogens with zero attached hydrogens (tertiary/aromatic N) is 2. The van der Waals surface area contributed by atoms with Gasteiger partial charge in [0.25, 0.3) is 0 Å². The van der Waals surface area contributed by atoms with Crippen molar-refractivity contribution in [1.82, 2.24) is 9.97 Å². The monoisotopic (exact) mass is 356 g/mol. The van der Waals surface area contributed by atoms with Crippen molar-refractivity contribution in [3.8, 4) is 11.6 Å². The van der Waals surface area contributed by atoms with Gasteiger partial charge < -0.3 is 9.47 Å². The molecule has 0 aliphatic heterocycles. The minimum atomic E-state index is -0.377. The fourth-order valence-electron chi connectivity index (χ4n) is 1.27. The highest BCUT2D eigenvalue weighted by Gasteiger charge is 2.07. The van der Waals surface area contributed by atoms with Crippen LogP contribution in [0.1, 0.15) is 10.4 Å². The standard InChI is InChI=1S/C12H9IN2O3/c1-17-12(16)8-2-4-9(5-3-8)18-11-10(13)6-14-7-15-11/h2-7H,1H3. The number of ether oxygens (including phenoxy) is 2. The summed E-state index contributed by atoms with van der Waals surface area (Å²) < 4.78 is 11.0. The lowest BCUT2D eigenvalue weighted by atomic mass is 10.2. The van der Waals surface area contributed by atoms with E-state index in [2.05, 4.69) is 37.3 Å². The van der Waals surface area contributed by atoms with Crippen molar-refractivity contribution in [2.24, 2.45) is 0 Å². The fraction of sp³-hybridized carbons (Fsp3) is 0.0833.